The average Bonchev–Trinajstić information content (AvgIpc) is 2.84. The lowest BCUT2D eigenvalue weighted by atomic mass is 10.0. The van der Waals surface area contributed by atoms with Crippen LogP contribution in [0.5, 0.6) is 0 Å². The summed E-state index contributed by atoms with van der Waals surface area (Å²) in [7, 11) is -3.57. The van der Waals surface area contributed by atoms with Crippen molar-refractivity contribution in [3.05, 3.63) is 24.0 Å². The fourth-order valence-corrected chi connectivity index (χ4v) is 2.80. The fraction of sp³-hybridized carbons (Fsp3) is 0.462. The fourth-order valence-electron chi connectivity index (χ4n) is 2.24. The molecule has 0 aromatic heterocycles. The van der Waals surface area contributed by atoms with Gasteiger partial charge in [0.2, 0.25) is 15.9 Å². The maximum absolute atomic E-state index is 13.5. The number of hydrogen-bond acceptors (Lipinski definition) is 4. The standard InChI is InChI=1S/C13H18FN3O3S/c1-21(19,20)17-12-7-10(2-3-11(12)14)16-13(18)6-9-4-5-15-8-9/h2-3,7,9,15,17H,4-6,8H2,1H3,(H,16,18). The van der Waals surface area contributed by atoms with Gasteiger partial charge in [0, 0.05) is 12.1 Å². The maximum Gasteiger partial charge on any atom is 0.229 e. The molecule has 6 nitrogen and oxygen atoms in total. The number of halogens is 1. The van der Waals surface area contributed by atoms with Crippen LogP contribution in [0, 0.1) is 11.7 Å². The second-order valence-corrected chi connectivity index (χ2v) is 6.93. The molecule has 0 radical (unpaired) electrons. The molecule has 116 valence electrons. The molecule has 1 aliphatic heterocycles. The lowest BCUT2D eigenvalue weighted by Gasteiger charge is -2.11. The van der Waals surface area contributed by atoms with Crippen molar-refractivity contribution in [1.82, 2.24) is 5.32 Å². The highest BCUT2D eigenvalue weighted by atomic mass is 32.2. The largest absolute Gasteiger partial charge is 0.326 e. The van der Waals surface area contributed by atoms with Crippen LogP contribution < -0.4 is 15.4 Å². The first-order chi connectivity index (χ1) is 9.83. The Morgan fingerprint density at radius 2 is 2.24 bits per heavy atom. The summed E-state index contributed by atoms with van der Waals surface area (Å²) in [6.07, 6.45) is 2.28. The molecule has 0 spiro atoms. The number of amides is 1. The van der Waals surface area contributed by atoms with Gasteiger partial charge in [0.25, 0.3) is 0 Å². The van der Waals surface area contributed by atoms with Gasteiger partial charge in [0.15, 0.2) is 0 Å². The van der Waals surface area contributed by atoms with Crippen LogP contribution in [0.4, 0.5) is 15.8 Å². The van der Waals surface area contributed by atoms with Crippen LogP contribution in [0.15, 0.2) is 18.2 Å². The Bertz CT molecular complexity index is 628. The van der Waals surface area contributed by atoms with E-state index >= 15 is 0 Å². The van der Waals surface area contributed by atoms with Gasteiger partial charge in [0.05, 0.1) is 11.9 Å². The van der Waals surface area contributed by atoms with E-state index in [9.17, 15) is 17.6 Å². The van der Waals surface area contributed by atoms with E-state index in [1.165, 1.54) is 12.1 Å². The first-order valence-electron chi connectivity index (χ1n) is 6.61. The van der Waals surface area contributed by atoms with Crippen LogP contribution in [-0.4, -0.2) is 33.7 Å². The molecule has 3 N–H and O–H groups in total. The van der Waals surface area contributed by atoms with Crippen molar-refractivity contribution >= 4 is 27.3 Å². The zero-order chi connectivity index (χ0) is 15.5. The lowest BCUT2D eigenvalue weighted by molar-refractivity contribution is -0.116. The summed E-state index contributed by atoms with van der Waals surface area (Å²) in [6.45, 7) is 1.73. The van der Waals surface area contributed by atoms with E-state index in [4.69, 9.17) is 0 Å². The third kappa shape index (κ3) is 4.98. The minimum absolute atomic E-state index is 0.166. The summed E-state index contributed by atoms with van der Waals surface area (Å²) in [5, 5.41) is 5.83. The van der Waals surface area contributed by atoms with E-state index in [2.05, 4.69) is 15.4 Å². The summed E-state index contributed by atoms with van der Waals surface area (Å²) in [5.41, 5.74) is 0.177. The Balaban J connectivity index is 2.02. The maximum atomic E-state index is 13.5. The van der Waals surface area contributed by atoms with E-state index in [-0.39, 0.29) is 11.6 Å². The Kier molecular flexibility index (Phi) is 4.79. The van der Waals surface area contributed by atoms with Crippen molar-refractivity contribution in [2.75, 3.05) is 29.4 Å². The lowest BCUT2D eigenvalue weighted by Crippen LogP contribution is -2.18. The highest BCUT2D eigenvalue weighted by Gasteiger charge is 2.18. The van der Waals surface area contributed by atoms with Crippen LogP contribution in [0.3, 0.4) is 0 Å². The SMILES string of the molecule is CS(=O)(=O)Nc1cc(NC(=O)CC2CCNC2)ccc1F. The van der Waals surface area contributed by atoms with Crippen LogP contribution in [0.25, 0.3) is 0 Å². The van der Waals surface area contributed by atoms with Gasteiger partial charge in [-0.3, -0.25) is 9.52 Å². The summed E-state index contributed by atoms with van der Waals surface area (Å²) in [6, 6.07) is 3.77. The van der Waals surface area contributed by atoms with Crippen LogP contribution >= 0.6 is 0 Å². The van der Waals surface area contributed by atoms with Crippen molar-refractivity contribution in [2.45, 2.75) is 12.8 Å². The third-order valence-corrected chi connectivity index (χ3v) is 3.77. The number of benzene rings is 1. The van der Waals surface area contributed by atoms with Crippen molar-refractivity contribution < 1.29 is 17.6 Å². The summed E-state index contributed by atoms with van der Waals surface area (Å²) in [5.74, 6) is -0.557. The zero-order valence-electron chi connectivity index (χ0n) is 11.6. The molecule has 1 unspecified atom stereocenters. The molecule has 1 aromatic rings. The minimum atomic E-state index is -3.57. The molecule has 1 amide bonds. The number of hydrogen-bond donors (Lipinski definition) is 3. The van der Waals surface area contributed by atoms with Crippen LogP contribution in [-0.2, 0) is 14.8 Å². The first kappa shape index (κ1) is 15.7. The van der Waals surface area contributed by atoms with Gasteiger partial charge in [-0.15, -0.1) is 0 Å². The molecule has 1 atom stereocenters. The van der Waals surface area contributed by atoms with E-state index in [1.807, 2.05) is 0 Å². The van der Waals surface area contributed by atoms with E-state index in [0.717, 1.165) is 31.8 Å². The Morgan fingerprint density at radius 3 is 2.86 bits per heavy atom. The van der Waals surface area contributed by atoms with Crippen molar-refractivity contribution in [3.8, 4) is 0 Å². The molecule has 1 heterocycles. The quantitative estimate of drug-likeness (QED) is 0.760. The van der Waals surface area contributed by atoms with Gasteiger partial charge in [-0.05, 0) is 43.6 Å². The number of sulfonamides is 1. The van der Waals surface area contributed by atoms with E-state index < -0.39 is 15.8 Å². The Morgan fingerprint density at radius 1 is 1.48 bits per heavy atom. The predicted molar refractivity (Wildman–Crippen MR) is 79.1 cm³/mol. The first-order valence-corrected chi connectivity index (χ1v) is 8.50. The second kappa shape index (κ2) is 6.40. The average molecular weight is 315 g/mol. The molecule has 0 aliphatic carbocycles. The smallest absolute Gasteiger partial charge is 0.229 e. The predicted octanol–water partition coefficient (Wildman–Crippen LogP) is 1.14. The van der Waals surface area contributed by atoms with Crippen LogP contribution in [0.2, 0.25) is 0 Å². The van der Waals surface area contributed by atoms with Gasteiger partial charge in [-0.1, -0.05) is 0 Å². The Hall–Kier alpha value is -1.67. The minimum Gasteiger partial charge on any atom is -0.326 e. The van der Waals surface area contributed by atoms with Crippen molar-refractivity contribution in [1.29, 1.82) is 0 Å². The highest BCUT2D eigenvalue weighted by molar-refractivity contribution is 7.92. The second-order valence-electron chi connectivity index (χ2n) is 5.18. The number of anilines is 2. The summed E-state index contributed by atoms with van der Waals surface area (Å²) < 4.78 is 37.9. The molecule has 1 saturated heterocycles. The molecule has 8 heteroatoms. The molecular weight excluding hydrogens is 297 g/mol. The van der Waals surface area contributed by atoms with E-state index in [1.54, 1.807) is 0 Å². The number of carbonyl (C=O) groups excluding carboxylic acids is 1. The summed E-state index contributed by atoms with van der Waals surface area (Å²) >= 11 is 0. The highest BCUT2D eigenvalue weighted by Crippen LogP contribution is 2.21. The topological polar surface area (TPSA) is 87.3 Å². The molecular formula is C13H18FN3O3S. The Labute approximate surface area is 123 Å². The normalized spacial score (nSPS) is 18.5. The van der Waals surface area contributed by atoms with Gasteiger partial charge < -0.3 is 10.6 Å². The molecule has 1 aromatic carbocycles. The number of carbonyl (C=O) groups is 1. The molecule has 0 bridgehead atoms. The van der Waals surface area contributed by atoms with Crippen LogP contribution in [0.1, 0.15) is 12.8 Å². The van der Waals surface area contributed by atoms with Crippen molar-refractivity contribution in [2.24, 2.45) is 5.92 Å². The zero-order valence-corrected chi connectivity index (χ0v) is 12.5. The van der Waals surface area contributed by atoms with Gasteiger partial charge in [-0.2, -0.15) is 0 Å². The molecule has 0 saturated carbocycles. The van der Waals surface area contributed by atoms with Crippen molar-refractivity contribution in [3.63, 3.8) is 0 Å². The van der Waals surface area contributed by atoms with E-state index in [0.29, 0.717) is 18.0 Å². The molecule has 21 heavy (non-hydrogen) atoms. The number of nitrogens with one attached hydrogen (secondary N) is 3. The van der Waals surface area contributed by atoms with Gasteiger partial charge in [0.1, 0.15) is 5.82 Å². The van der Waals surface area contributed by atoms with Gasteiger partial charge in [-0.25, -0.2) is 12.8 Å². The summed E-state index contributed by atoms with van der Waals surface area (Å²) in [4.78, 5) is 11.9. The van der Waals surface area contributed by atoms with Gasteiger partial charge >= 0.3 is 0 Å². The number of rotatable bonds is 5. The third-order valence-electron chi connectivity index (χ3n) is 3.18. The molecule has 1 fully saturated rings. The molecule has 2 rings (SSSR count). The molecule has 1 aliphatic rings. The monoisotopic (exact) mass is 315 g/mol.